The lowest BCUT2D eigenvalue weighted by Crippen LogP contribution is -2.48. The Morgan fingerprint density at radius 1 is 1.10 bits per heavy atom. The second kappa shape index (κ2) is 10.3. The van der Waals surface area contributed by atoms with E-state index in [-0.39, 0.29) is 10.8 Å². The molecule has 3 rings (SSSR count). The maximum absolute atomic E-state index is 12.0. The van der Waals surface area contributed by atoms with Crippen molar-refractivity contribution in [3.05, 3.63) is 54.4 Å². The molecule has 0 aliphatic carbocycles. The number of nitrogens with zero attached hydrogens (tertiary/aromatic N) is 4. The van der Waals surface area contributed by atoms with E-state index in [1.54, 1.807) is 36.7 Å². The number of hydrogen-bond donors (Lipinski definition) is 2. The Morgan fingerprint density at radius 2 is 1.77 bits per heavy atom. The molecule has 1 aliphatic heterocycles. The van der Waals surface area contributed by atoms with Gasteiger partial charge in [-0.3, -0.25) is 9.69 Å². The molecule has 1 saturated heterocycles. The van der Waals surface area contributed by atoms with Crippen molar-refractivity contribution in [3.8, 4) is 0 Å². The van der Waals surface area contributed by atoms with Crippen LogP contribution in [-0.2, 0) is 14.8 Å². The summed E-state index contributed by atoms with van der Waals surface area (Å²) in [6.45, 7) is 4.84. The molecule has 2 N–H and O–H groups in total. The van der Waals surface area contributed by atoms with Crippen LogP contribution in [0.2, 0.25) is 0 Å². The first kappa shape index (κ1) is 21.9. The van der Waals surface area contributed by atoms with Gasteiger partial charge in [0.05, 0.1) is 4.90 Å². The molecule has 0 spiro atoms. The molecule has 10 heteroatoms. The van der Waals surface area contributed by atoms with Gasteiger partial charge in [0.2, 0.25) is 21.9 Å². The van der Waals surface area contributed by atoms with E-state index in [9.17, 15) is 13.2 Å². The van der Waals surface area contributed by atoms with Crippen molar-refractivity contribution in [2.24, 2.45) is 0 Å². The number of piperazine rings is 1. The van der Waals surface area contributed by atoms with Crippen molar-refractivity contribution in [2.75, 3.05) is 51.2 Å². The van der Waals surface area contributed by atoms with Gasteiger partial charge < -0.3 is 10.2 Å². The topological polar surface area (TPSA) is 108 Å². The van der Waals surface area contributed by atoms with Crippen LogP contribution in [0.25, 0.3) is 6.08 Å². The molecule has 1 amide bonds. The van der Waals surface area contributed by atoms with Crippen LogP contribution in [0.15, 0.2) is 53.7 Å². The number of hydrogen-bond acceptors (Lipinski definition) is 7. The van der Waals surface area contributed by atoms with Gasteiger partial charge in [0, 0.05) is 57.7 Å². The SMILES string of the molecule is CNS(=O)(=O)c1ccc(C=CC(=O)NCCN2CCN(c3ncccn3)CC2)cc1. The van der Waals surface area contributed by atoms with Gasteiger partial charge in [0.1, 0.15) is 0 Å². The van der Waals surface area contributed by atoms with E-state index >= 15 is 0 Å². The van der Waals surface area contributed by atoms with Crippen molar-refractivity contribution in [1.29, 1.82) is 0 Å². The standard InChI is InChI=1S/C20H26N6O3S/c1-21-30(28,29)18-6-3-17(4-7-18)5-8-19(27)22-11-12-25-13-15-26(16-14-25)20-23-9-2-10-24-20/h2-10,21H,11-16H2,1H3,(H,22,27). The molecule has 2 aromatic rings. The van der Waals surface area contributed by atoms with Gasteiger partial charge in [-0.2, -0.15) is 0 Å². The Labute approximate surface area is 176 Å². The van der Waals surface area contributed by atoms with E-state index in [0.717, 1.165) is 44.2 Å². The molecule has 1 fully saturated rings. The highest BCUT2D eigenvalue weighted by Gasteiger charge is 2.18. The number of sulfonamides is 1. The Morgan fingerprint density at radius 3 is 2.40 bits per heavy atom. The zero-order chi connectivity index (χ0) is 21.4. The molecular formula is C20H26N6O3S. The van der Waals surface area contributed by atoms with Crippen LogP contribution in [0.5, 0.6) is 0 Å². The summed E-state index contributed by atoms with van der Waals surface area (Å²) < 4.78 is 25.7. The number of rotatable bonds is 8. The summed E-state index contributed by atoms with van der Waals surface area (Å²) in [5, 5.41) is 2.88. The average molecular weight is 431 g/mol. The quantitative estimate of drug-likeness (QED) is 0.582. The van der Waals surface area contributed by atoms with Crippen molar-refractivity contribution in [2.45, 2.75) is 4.90 Å². The van der Waals surface area contributed by atoms with Crippen LogP contribution < -0.4 is 14.9 Å². The van der Waals surface area contributed by atoms with Gasteiger partial charge in [-0.1, -0.05) is 12.1 Å². The van der Waals surface area contributed by atoms with Crippen LogP contribution in [-0.4, -0.2) is 75.5 Å². The summed E-state index contributed by atoms with van der Waals surface area (Å²) in [5.74, 6) is 0.574. The molecule has 0 bridgehead atoms. The van der Waals surface area contributed by atoms with Crippen molar-refractivity contribution < 1.29 is 13.2 Å². The first-order valence-electron chi connectivity index (χ1n) is 9.72. The fraction of sp³-hybridized carbons (Fsp3) is 0.350. The zero-order valence-corrected chi connectivity index (χ0v) is 17.7. The third-order valence-corrected chi connectivity index (χ3v) is 6.25. The number of benzene rings is 1. The molecule has 160 valence electrons. The normalized spacial score (nSPS) is 15.4. The second-order valence-corrected chi connectivity index (χ2v) is 8.66. The fourth-order valence-electron chi connectivity index (χ4n) is 3.07. The average Bonchev–Trinajstić information content (AvgIpc) is 2.79. The summed E-state index contributed by atoms with van der Waals surface area (Å²) in [7, 11) is -2.09. The smallest absolute Gasteiger partial charge is 0.244 e. The third-order valence-electron chi connectivity index (χ3n) is 4.82. The fourth-order valence-corrected chi connectivity index (χ4v) is 3.80. The summed E-state index contributed by atoms with van der Waals surface area (Å²) in [4.78, 5) is 25.2. The zero-order valence-electron chi connectivity index (χ0n) is 16.9. The number of aromatic nitrogens is 2. The predicted molar refractivity (Wildman–Crippen MR) is 115 cm³/mol. The molecule has 0 atom stereocenters. The van der Waals surface area contributed by atoms with E-state index in [1.165, 1.54) is 25.3 Å². The number of carbonyl (C=O) groups excluding carboxylic acids is 1. The van der Waals surface area contributed by atoms with Gasteiger partial charge in [-0.25, -0.2) is 23.1 Å². The van der Waals surface area contributed by atoms with Gasteiger partial charge in [-0.15, -0.1) is 0 Å². The van der Waals surface area contributed by atoms with Crippen molar-refractivity contribution in [3.63, 3.8) is 0 Å². The Balaban J connectivity index is 1.38. The first-order valence-corrected chi connectivity index (χ1v) is 11.2. The Bertz CT molecular complexity index is 956. The minimum absolute atomic E-state index is 0.182. The van der Waals surface area contributed by atoms with Crippen LogP contribution in [0.1, 0.15) is 5.56 Å². The second-order valence-electron chi connectivity index (χ2n) is 6.78. The number of nitrogens with one attached hydrogen (secondary N) is 2. The van der Waals surface area contributed by atoms with Gasteiger partial charge in [0.25, 0.3) is 0 Å². The van der Waals surface area contributed by atoms with Crippen molar-refractivity contribution in [1.82, 2.24) is 24.9 Å². The van der Waals surface area contributed by atoms with E-state index in [2.05, 4.69) is 29.8 Å². The summed E-state index contributed by atoms with van der Waals surface area (Å²) in [5.41, 5.74) is 0.749. The van der Waals surface area contributed by atoms with E-state index < -0.39 is 10.0 Å². The summed E-state index contributed by atoms with van der Waals surface area (Å²) in [6, 6.07) is 8.13. The minimum Gasteiger partial charge on any atom is -0.351 e. The lowest BCUT2D eigenvalue weighted by molar-refractivity contribution is -0.116. The molecule has 0 saturated carbocycles. The molecule has 1 aromatic carbocycles. The number of carbonyl (C=O) groups is 1. The number of amides is 1. The van der Waals surface area contributed by atoms with Crippen LogP contribution in [0.4, 0.5) is 5.95 Å². The van der Waals surface area contributed by atoms with Crippen molar-refractivity contribution >= 4 is 28.0 Å². The third kappa shape index (κ3) is 6.09. The minimum atomic E-state index is -3.46. The van der Waals surface area contributed by atoms with Gasteiger partial charge in [-0.05, 0) is 36.9 Å². The van der Waals surface area contributed by atoms with Crippen LogP contribution >= 0.6 is 0 Å². The lowest BCUT2D eigenvalue weighted by atomic mass is 10.2. The Kier molecular flexibility index (Phi) is 7.50. The lowest BCUT2D eigenvalue weighted by Gasteiger charge is -2.34. The largest absolute Gasteiger partial charge is 0.351 e. The van der Waals surface area contributed by atoms with E-state index in [1.807, 2.05) is 0 Å². The van der Waals surface area contributed by atoms with E-state index in [0.29, 0.717) is 6.54 Å². The highest BCUT2D eigenvalue weighted by atomic mass is 32.2. The van der Waals surface area contributed by atoms with Gasteiger partial charge in [0.15, 0.2) is 0 Å². The number of anilines is 1. The maximum atomic E-state index is 12.0. The molecule has 1 aliphatic rings. The monoisotopic (exact) mass is 430 g/mol. The molecule has 9 nitrogen and oxygen atoms in total. The highest BCUT2D eigenvalue weighted by molar-refractivity contribution is 7.89. The Hall–Kier alpha value is -2.82. The van der Waals surface area contributed by atoms with Gasteiger partial charge >= 0.3 is 0 Å². The molecule has 0 unspecified atom stereocenters. The predicted octanol–water partition coefficient (Wildman–Crippen LogP) is 0.336. The van der Waals surface area contributed by atoms with Crippen LogP contribution in [0.3, 0.4) is 0 Å². The summed E-state index contributed by atoms with van der Waals surface area (Å²) in [6.07, 6.45) is 6.60. The molecule has 2 heterocycles. The van der Waals surface area contributed by atoms with Crippen LogP contribution in [0, 0.1) is 0 Å². The first-order chi connectivity index (χ1) is 14.5. The molecular weight excluding hydrogens is 404 g/mol. The summed E-state index contributed by atoms with van der Waals surface area (Å²) >= 11 is 0. The maximum Gasteiger partial charge on any atom is 0.244 e. The molecule has 30 heavy (non-hydrogen) atoms. The van der Waals surface area contributed by atoms with E-state index in [4.69, 9.17) is 0 Å². The molecule has 0 radical (unpaired) electrons. The highest BCUT2D eigenvalue weighted by Crippen LogP contribution is 2.11. The molecule has 1 aromatic heterocycles.